The number of nitrogens with one attached hydrogen (secondary N) is 1. The minimum atomic E-state index is -0.806. The quantitative estimate of drug-likeness (QED) is 0.686. The van der Waals surface area contributed by atoms with Crippen LogP contribution in [0.4, 0.5) is 0 Å². The Morgan fingerprint density at radius 3 is 2.65 bits per heavy atom. The molecule has 1 fully saturated rings. The molecule has 1 aromatic rings. The summed E-state index contributed by atoms with van der Waals surface area (Å²) in [6.45, 7) is 4.87. The molecule has 0 spiro atoms. The molecule has 5 heteroatoms. The number of carboxylic acid groups (broad SMARTS) is 1. The maximum absolute atomic E-state index is 11.7. The predicted octanol–water partition coefficient (Wildman–Crippen LogP) is 2.83. The number of unbranched alkanes of at least 4 members (excludes halogenated alkanes) is 1. The van der Waals surface area contributed by atoms with E-state index in [0.717, 1.165) is 29.7 Å². The maximum Gasteiger partial charge on any atom is 0.311 e. The summed E-state index contributed by atoms with van der Waals surface area (Å²) in [5, 5.41) is 11.8. The zero-order valence-corrected chi connectivity index (χ0v) is 13.9. The third-order valence-corrected chi connectivity index (χ3v) is 4.33. The molecule has 0 aliphatic heterocycles. The number of hydrogen-bond acceptors (Lipinski definition) is 3. The Morgan fingerprint density at radius 2 is 2.00 bits per heavy atom. The molecule has 0 unspecified atom stereocenters. The fourth-order valence-corrected chi connectivity index (χ4v) is 2.41. The predicted molar refractivity (Wildman–Crippen MR) is 87.6 cm³/mol. The number of ether oxygens (including phenoxy) is 1. The SMILES string of the molecule is Cc1ccc(C)c(OCCCCC(=O)NCC2(C(=O)O)CC2)c1. The van der Waals surface area contributed by atoms with Crippen molar-refractivity contribution < 1.29 is 19.4 Å². The van der Waals surface area contributed by atoms with Crippen molar-refractivity contribution in [3.05, 3.63) is 29.3 Å². The highest BCUT2D eigenvalue weighted by Crippen LogP contribution is 2.45. The minimum Gasteiger partial charge on any atom is -0.493 e. The van der Waals surface area contributed by atoms with Crippen LogP contribution in [0, 0.1) is 19.3 Å². The van der Waals surface area contributed by atoms with Crippen LogP contribution in [-0.2, 0) is 9.59 Å². The van der Waals surface area contributed by atoms with Crippen LogP contribution in [0.15, 0.2) is 18.2 Å². The van der Waals surface area contributed by atoms with Crippen molar-refractivity contribution in [2.75, 3.05) is 13.2 Å². The second-order valence-electron chi connectivity index (χ2n) is 6.44. The van der Waals surface area contributed by atoms with E-state index >= 15 is 0 Å². The van der Waals surface area contributed by atoms with E-state index in [1.807, 2.05) is 26.0 Å². The molecule has 0 radical (unpaired) electrons. The van der Waals surface area contributed by atoms with Gasteiger partial charge in [-0.25, -0.2) is 0 Å². The maximum atomic E-state index is 11.7. The molecule has 1 aliphatic carbocycles. The van der Waals surface area contributed by atoms with Gasteiger partial charge in [0.15, 0.2) is 0 Å². The van der Waals surface area contributed by atoms with Crippen molar-refractivity contribution >= 4 is 11.9 Å². The average Bonchev–Trinajstić information content (AvgIpc) is 3.29. The van der Waals surface area contributed by atoms with Gasteiger partial charge in [0.05, 0.1) is 12.0 Å². The number of carbonyl (C=O) groups excluding carboxylic acids is 1. The molecule has 1 saturated carbocycles. The first kappa shape index (κ1) is 17.3. The Labute approximate surface area is 137 Å². The zero-order valence-electron chi connectivity index (χ0n) is 13.9. The van der Waals surface area contributed by atoms with E-state index in [-0.39, 0.29) is 12.5 Å². The van der Waals surface area contributed by atoms with Gasteiger partial charge in [-0.1, -0.05) is 12.1 Å². The lowest BCUT2D eigenvalue weighted by molar-refractivity contribution is -0.143. The third kappa shape index (κ3) is 4.98. The Balaban J connectivity index is 1.59. The molecule has 0 saturated heterocycles. The molecule has 1 aromatic carbocycles. The van der Waals surface area contributed by atoms with Crippen LogP contribution in [0.25, 0.3) is 0 Å². The fraction of sp³-hybridized carbons (Fsp3) is 0.556. The number of carboxylic acids is 1. The molecule has 1 amide bonds. The lowest BCUT2D eigenvalue weighted by Gasteiger charge is -2.11. The van der Waals surface area contributed by atoms with E-state index in [9.17, 15) is 9.59 Å². The Hall–Kier alpha value is -2.04. The van der Waals surface area contributed by atoms with Crippen molar-refractivity contribution in [3.63, 3.8) is 0 Å². The molecule has 2 N–H and O–H groups in total. The van der Waals surface area contributed by atoms with Gasteiger partial charge in [0.25, 0.3) is 0 Å². The number of benzene rings is 1. The Kier molecular flexibility index (Phi) is 5.64. The first-order valence-corrected chi connectivity index (χ1v) is 8.13. The van der Waals surface area contributed by atoms with Gasteiger partial charge in [0.1, 0.15) is 5.75 Å². The van der Waals surface area contributed by atoms with Gasteiger partial charge < -0.3 is 15.2 Å². The van der Waals surface area contributed by atoms with Crippen LogP contribution in [0.2, 0.25) is 0 Å². The lowest BCUT2D eigenvalue weighted by atomic mass is 10.1. The van der Waals surface area contributed by atoms with Gasteiger partial charge >= 0.3 is 5.97 Å². The lowest BCUT2D eigenvalue weighted by Crippen LogP contribution is -2.34. The summed E-state index contributed by atoms with van der Waals surface area (Å²) in [5.41, 5.74) is 1.58. The van der Waals surface area contributed by atoms with Crippen molar-refractivity contribution in [2.24, 2.45) is 5.41 Å². The second kappa shape index (κ2) is 7.49. The van der Waals surface area contributed by atoms with Crippen LogP contribution < -0.4 is 10.1 Å². The first-order valence-electron chi connectivity index (χ1n) is 8.13. The summed E-state index contributed by atoms with van der Waals surface area (Å²) < 4.78 is 5.75. The molecule has 2 rings (SSSR count). The van der Waals surface area contributed by atoms with E-state index in [1.54, 1.807) is 0 Å². The standard InChI is InChI=1S/C18H25NO4/c1-13-6-7-14(2)15(11-13)23-10-4-3-5-16(20)19-12-18(8-9-18)17(21)22/h6-7,11H,3-5,8-10,12H2,1-2H3,(H,19,20)(H,21,22). The average molecular weight is 319 g/mol. The zero-order chi connectivity index (χ0) is 16.9. The van der Waals surface area contributed by atoms with Crippen LogP contribution >= 0.6 is 0 Å². The van der Waals surface area contributed by atoms with E-state index in [2.05, 4.69) is 11.4 Å². The highest BCUT2D eigenvalue weighted by atomic mass is 16.5. The molecule has 0 heterocycles. The molecule has 0 bridgehead atoms. The second-order valence-corrected chi connectivity index (χ2v) is 6.44. The normalized spacial score (nSPS) is 15.0. The number of carbonyl (C=O) groups is 2. The van der Waals surface area contributed by atoms with E-state index in [1.165, 1.54) is 0 Å². The highest BCUT2D eigenvalue weighted by Gasteiger charge is 2.50. The molecule has 0 aromatic heterocycles. The van der Waals surface area contributed by atoms with E-state index in [4.69, 9.17) is 9.84 Å². The number of aliphatic carboxylic acids is 1. The Bertz CT molecular complexity index is 578. The minimum absolute atomic E-state index is 0.0794. The third-order valence-electron chi connectivity index (χ3n) is 4.33. The van der Waals surface area contributed by atoms with Crippen LogP contribution in [0.5, 0.6) is 5.75 Å². The molecular formula is C18H25NO4. The van der Waals surface area contributed by atoms with Gasteiger partial charge in [-0.05, 0) is 56.7 Å². The van der Waals surface area contributed by atoms with Crippen molar-refractivity contribution in [1.82, 2.24) is 5.32 Å². The van der Waals surface area contributed by atoms with Crippen LogP contribution in [-0.4, -0.2) is 30.1 Å². The molecule has 126 valence electrons. The van der Waals surface area contributed by atoms with Crippen LogP contribution in [0.1, 0.15) is 43.2 Å². The summed E-state index contributed by atoms with van der Waals surface area (Å²) in [6, 6.07) is 6.10. The van der Waals surface area contributed by atoms with Gasteiger partial charge in [0.2, 0.25) is 5.91 Å². The van der Waals surface area contributed by atoms with E-state index < -0.39 is 11.4 Å². The largest absolute Gasteiger partial charge is 0.493 e. The number of amides is 1. The summed E-state index contributed by atoms with van der Waals surface area (Å²) in [7, 11) is 0. The van der Waals surface area contributed by atoms with Crippen molar-refractivity contribution in [2.45, 2.75) is 46.0 Å². The van der Waals surface area contributed by atoms with Gasteiger partial charge in [-0.2, -0.15) is 0 Å². The first-order chi connectivity index (χ1) is 10.9. The molecule has 0 atom stereocenters. The number of rotatable bonds is 9. The van der Waals surface area contributed by atoms with Crippen molar-refractivity contribution in [1.29, 1.82) is 0 Å². The summed E-state index contributed by atoms with van der Waals surface area (Å²) in [6.07, 6.45) is 3.26. The highest BCUT2D eigenvalue weighted by molar-refractivity contribution is 5.80. The van der Waals surface area contributed by atoms with Gasteiger partial charge in [-0.15, -0.1) is 0 Å². The summed E-state index contributed by atoms with van der Waals surface area (Å²) >= 11 is 0. The smallest absolute Gasteiger partial charge is 0.311 e. The topological polar surface area (TPSA) is 75.6 Å². The van der Waals surface area contributed by atoms with Gasteiger partial charge in [0, 0.05) is 13.0 Å². The monoisotopic (exact) mass is 319 g/mol. The fourth-order valence-electron chi connectivity index (χ4n) is 2.41. The summed E-state index contributed by atoms with van der Waals surface area (Å²) in [4.78, 5) is 22.7. The number of hydrogen-bond donors (Lipinski definition) is 2. The van der Waals surface area contributed by atoms with Crippen molar-refractivity contribution in [3.8, 4) is 5.75 Å². The summed E-state index contributed by atoms with van der Waals surface area (Å²) in [5.74, 6) is 0.00979. The molecule has 23 heavy (non-hydrogen) atoms. The van der Waals surface area contributed by atoms with Gasteiger partial charge in [-0.3, -0.25) is 9.59 Å². The molecular weight excluding hydrogens is 294 g/mol. The molecule has 5 nitrogen and oxygen atoms in total. The van der Waals surface area contributed by atoms with E-state index in [0.29, 0.717) is 25.9 Å². The number of aryl methyl sites for hydroxylation is 2. The molecule has 1 aliphatic rings. The Morgan fingerprint density at radius 1 is 1.26 bits per heavy atom. The van der Waals surface area contributed by atoms with Crippen LogP contribution in [0.3, 0.4) is 0 Å².